The quantitative estimate of drug-likeness (QED) is 0.572. The highest BCUT2D eigenvalue weighted by molar-refractivity contribution is 5.90. The Bertz CT molecular complexity index is 184. The molecule has 0 aliphatic heterocycles. The minimum absolute atomic E-state index is 0.579. The molecule has 0 aromatic heterocycles. The molecule has 0 radical (unpaired) electrons. The zero-order valence-corrected chi connectivity index (χ0v) is 7.72. The average molecular weight is 174 g/mol. The Balaban J connectivity index is 3.83. The lowest BCUT2D eigenvalue weighted by atomic mass is 10.2. The molecule has 0 saturated carbocycles. The van der Waals surface area contributed by atoms with Gasteiger partial charge in [-0.05, 0) is 20.8 Å². The second kappa shape index (κ2) is 3.94. The normalized spacial score (nSPS) is 10.3. The first kappa shape index (κ1) is 10.7. The number of nitrogens with one attached hydrogen (secondary N) is 2. The van der Waals surface area contributed by atoms with Crippen LogP contribution in [0.2, 0.25) is 0 Å². The molecule has 0 unspecified atom stereocenters. The van der Waals surface area contributed by atoms with Gasteiger partial charge in [-0.25, -0.2) is 14.9 Å². The van der Waals surface area contributed by atoms with E-state index in [-0.39, 0.29) is 0 Å². The van der Waals surface area contributed by atoms with Gasteiger partial charge >= 0.3 is 12.1 Å². The minimum Gasteiger partial charge on any atom is -0.443 e. The summed E-state index contributed by atoms with van der Waals surface area (Å²) < 4.78 is 4.80. The first-order valence-electron chi connectivity index (χ1n) is 3.57. The van der Waals surface area contributed by atoms with Crippen molar-refractivity contribution in [3.05, 3.63) is 0 Å². The lowest BCUT2D eigenvalue weighted by Crippen LogP contribution is -2.40. The largest absolute Gasteiger partial charge is 0.443 e. The molecule has 12 heavy (non-hydrogen) atoms. The van der Waals surface area contributed by atoms with Gasteiger partial charge in [0.2, 0.25) is 0 Å². The highest BCUT2D eigenvalue weighted by Gasteiger charge is 2.17. The van der Waals surface area contributed by atoms with Crippen LogP contribution in [0.1, 0.15) is 20.8 Å². The van der Waals surface area contributed by atoms with Gasteiger partial charge in [-0.2, -0.15) is 0 Å². The number of ether oxygens (including phenoxy) is 1. The van der Waals surface area contributed by atoms with E-state index in [1.54, 1.807) is 20.8 Å². The first-order valence-corrected chi connectivity index (χ1v) is 3.57. The Hall–Kier alpha value is -1.26. The molecule has 0 atom stereocenters. The number of amides is 3. The van der Waals surface area contributed by atoms with Gasteiger partial charge < -0.3 is 10.1 Å². The van der Waals surface area contributed by atoms with Crippen LogP contribution in [0, 0.1) is 0 Å². The lowest BCUT2D eigenvalue weighted by Gasteiger charge is -2.18. The third-order valence-corrected chi connectivity index (χ3v) is 0.842. The predicted octanol–water partition coefficient (Wildman–Crippen LogP) is 0.850. The molecule has 0 fully saturated rings. The van der Waals surface area contributed by atoms with Gasteiger partial charge in [0.05, 0.1) is 0 Å². The van der Waals surface area contributed by atoms with E-state index >= 15 is 0 Å². The molecule has 0 saturated heterocycles. The number of hydrogen-bond donors (Lipinski definition) is 2. The maximum absolute atomic E-state index is 10.8. The Morgan fingerprint density at radius 1 is 1.25 bits per heavy atom. The van der Waals surface area contributed by atoms with Crippen LogP contribution in [-0.4, -0.2) is 24.8 Å². The zero-order valence-electron chi connectivity index (χ0n) is 7.72. The van der Waals surface area contributed by atoms with Crippen LogP contribution in [0.4, 0.5) is 9.59 Å². The summed E-state index contributed by atoms with van der Waals surface area (Å²) in [5, 5.41) is 4.21. The smallest absolute Gasteiger partial charge is 0.415 e. The van der Waals surface area contributed by atoms with Crippen molar-refractivity contribution in [2.75, 3.05) is 7.05 Å². The number of hydrogen-bond acceptors (Lipinski definition) is 3. The van der Waals surface area contributed by atoms with E-state index < -0.39 is 17.7 Å². The van der Waals surface area contributed by atoms with Gasteiger partial charge in [0, 0.05) is 7.05 Å². The van der Waals surface area contributed by atoms with E-state index in [0.717, 1.165) is 0 Å². The molecule has 3 amide bonds. The molecule has 0 aliphatic carbocycles. The van der Waals surface area contributed by atoms with Crippen LogP contribution >= 0.6 is 0 Å². The van der Waals surface area contributed by atoms with Crippen molar-refractivity contribution in [1.29, 1.82) is 0 Å². The molecule has 5 heteroatoms. The Morgan fingerprint density at radius 2 is 1.75 bits per heavy atom. The van der Waals surface area contributed by atoms with Crippen molar-refractivity contribution in [3.8, 4) is 0 Å². The maximum Gasteiger partial charge on any atom is 0.415 e. The van der Waals surface area contributed by atoms with Crippen LogP contribution in [0.3, 0.4) is 0 Å². The molecule has 2 N–H and O–H groups in total. The van der Waals surface area contributed by atoms with Crippen LogP contribution in [-0.2, 0) is 4.74 Å². The predicted molar refractivity (Wildman–Crippen MR) is 43.8 cm³/mol. The highest BCUT2D eigenvalue weighted by Crippen LogP contribution is 2.05. The summed E-state index contributed by atoms with van der Waals surface area (Å²) in [5.41, 5.74) is -0.585. The van der Waals surface area contributed by atoms with Gasteiger partial charge in [-0.15, -0.1) is 0 Å². The van der Waals surface area contributed by atoms with Crippen molar-refractivity contribution in [2.45, 2.75) is 26.4 Å². The molecular weight excluding hydrogens is 160 g/mol. The average Bonchev–Trinajstić information content (AvgIpc) is 1.82. The number of alkyl carbamates (subject to hydrolysis) is 1. The second-order valence-corrected chi connectivity index (χ2v) is 3.21. The topological polar surface area (TPSA) is 67.4 Å². The molecule has 0 spiro atoms. The van der Waals surface area contributed by atoms with Crippen molar-refractivity contribution in [2.24, 2.45) is 0 Å². The van der Waals surface area contributed by atoms with E-state index in [1.165, 1.54) is 7.05 Å². The van der Waals surface area contributed by atoms with Gasteiger partial charge in [0.25, 0.3) is 0 Å². The number of urea groups is 1. The first-order chi connectivity index (χ1) is 5.35. The summed E-state index contributed by atoms with van der Waals surface area (Å²) in [5.74, 6) is 0. The van der Waals surface area contributed by atoms with Crippen molar-refractivity contribution in [1.82, 2.24) is 10.6 Å². The highest BCUT2D eigenvalue weighted by atomic mass is 16.6. The summed E-state index contributed by atoms with van der Waals surface area (Å²) >= 11 is 0. The lowest BCUT2D eigenvalue weighted by molar-refractivity contribution is 0.0548. The summed E-state index contributed by atoms with van der Waals surface area (Å²) in [4.78, 5) is 21.4. The third kappa shape index (κ3) is 5.52. The number of carbonyl (C=O) groups excluding carboxylic acids is 2. The molecular formula is C7H14N2O3. The molecule has 0 heterocycles. The van der Waals surface area contributed by atoms with Crippen LogP contribution in [0.5, 0.6) is 0 Å². The summed E-state index contributed by atoms with van der Waals surface area (Å²) in [6.07, 6.45) is -0.748. The standard InChI is InChI=1S/C7H14N2O3/c1-7(2,3)12-6(11)9-5(10)8-4/h1-4H3,(H2,8,9,10,11). The Labute approximate surface area is 71.5 Å². The number of rotatable bonds is 0. The number of imide groups is 1. The van der Waals surface area contributed by atoms with E-state index in [1.807, 2.05) is 5.32 Å². The molecule has 0 bridgehead atoms. The zero-order chi connectivity index (χ0) is 9.78. The van der Waals surface area contributed by atoms with Crippen LogP contribution in [0.25, 0.3) is 0 Å². The summed E-state index contributed by atoms with van der Waals surface area (Å²) in [7, 11) is 1.42. The van der Waals surface area contributed by atoms with E-state index in [9.17, 15) is 9.59 Å². The van der Waals surface area contributed by atoms with Gasteiger partial charge in [0.1, 0.15) is 5.60 Å². The van der Waals surface area contributed by atoms with Crippen molar-refractivity contribution in [3.63, 3.8) is 0 Å². The minimum atomic E-state index is -0.748. The fraction of sp³-hybridized carbons (Fsp3) is 0.714. The SMILES string of the molecule is CNC(=O)NC(=O)OC(C)(C)C. The second-order valence-electron chi connectivity index (χ2n) is 3.21. The van der Waals surface area contributed by atoms with E-state index in [2.05, 4.69) is 5.32 Å². The van der Waals surface area contributed by atoms with E-state index in [0.29, 0.717) is 0 Å². The maximum atomic E-state index is 10.8. The number of carbonyl (C=O) groups is 2. The van der Waals surface area contributed by atoms with Crippen molar-refractivity contribution >= 4 is 12.1 Å². The van der Waals surface area contributed by atoms with Gasteiger partial charge in [-0.1, -0.05) is 0 Å². The van der Waals surface area contributed by atoms with Crippen LogP contribution in [0.15, 0.2) is 0 Å². The molecule has 0 aromatic rings. The van der Waals surface area contributed by atoms with Crippen molar-refractivity contribution < 1.29 is 14.3 Å². The molecule has 5 nitrogen and oxygen atoms in total. The molecule has 0 rings (SSSR count). The Kier molecular flexibility index (Phi) is 3.53. The Morgan fingerprint density at radius 3 is 2.08 bits per heavy atom. The van der Waals surface area contributed by atoms with E-state index in [4.69, 9.17) is 4.74 Å². The fourth-order valence-electron chi connectivity index (χ4n) is 0.459. The molecule has 70 valence electrons. The monoisotopic (exact) mass is 174 g/mol. The van der Waals surface area contributed by atoms with Gasteiger partial charge in [-0.3, -0.25) is 0 Å². The van der Waals surface area contributed by atoms with Crippen LogP contribution < -0.4 is 10.6 Å². The summed E-state index contributed by atoms with van der Waals surface area (Å²) in [6.45, 7) is 5.16. The molecule has 0 aromatic carbocycles. The third-order valence-electron chi connectivity index (χ3n) is 0.842. The summed E-state index contributed by atoms with van der Waals surface area (Å²) in [6, 6.07) is -0.579. The molecule has 0 aliphatic rings. The fourth-order valence-corrected chi connectivity index (χ4v) is 0.459. The van der Waals surface area contributed by atoms with Gasteiger partial charge in [0.15, 0.2) is 0 Å².